The van der Waals surface area contributed by atoms with Gasteiger partial charge in [-0.3, -0.25) is 9.59 Å². The van der Waals surface area contributed by atoms with Crippen LogP contribution in [0.3, 0.4) is 0 Å². The molecule has 17 heavy (non-hydrogen) atoms. The second-order valence-electron chi connectivity index (χ2n) is 5.09. The highest BCUT2D eigenvalue weighted by molar-refractivity contribution is 5.95. The van der Waals surface area contributed by atoms with Crippen molar-refractivity contribution in [2.75, 3.05) is 6.54 Å². The van der Waals surface area contributed by atoms with Gasteiger partial charge in [0.25, 0.3) is 0 Å². The Morgan fingerprint density at radius 1 is 1.35 bits per heavy atom. The highest BCUT2D eigenvalue weighted by Crippen LogP contribution is 2.19. The van der Waals surface area contributed by atoms with Crippen molar-refractivity contribution >= 4 is 11.8 Å². The normalized spacial score (nSPS) is 22.9. The number of amides is 2. The van der Waals surface area contributed by atoms with Crippen LogP contribution in [-0.4, -0.2) is 35.3 Å². The maximum Gasteiger partial charge on any atom is 0.245 e. The lowest BCUT2D eigenvalue weighted by Crippen LogP contribution is -2.61. The fraction of sp³-hybridized carbons (Fsp3) is 0.846. The van der Waals surface area contributed by atoms with Crippen LogP contribution in [0.15, 0.2) is 0 Å². The molecule has 0 aliphatic carbocycles. The third-order valence-electron chi connectivity index (χ3n) is 3.40. The Bertz CT molecular complexity index is 289. The Labute approximate surface area is 104 Å². The van der Waals surface area contributed by atoms with Crippen LogP contribution < -0.4 is 5.32 Å². The van der Waals surface area contributed by atoms with Crippen LogP contribution in [0.1, 0.15) is 47.0 Å². The fourth-order valence-electron chi connectivity index (χ4n) is 2.55. The van der Waals surface area contributed by atoms with Gasteiger partial charge in [-0.1, -0.05) is 34.1 Å². The van der Waals surface area contributed by atoms with Crippen LogP contribution in [-0.2, 0) is 9.59 Å². The summed E-state index contributed by atoms with van der Waals surface area (Å²) in [5, 5.41) is 2.78. The van der Waals surface area contributed by atoms with Gasteiger partial charge in [0.2, 0.25) is 11.8 Å². The molecule has 0 radical (unpaired) electrons. The summed E-state index contributed by atoms with van der Waals surface area (Å²) in [6.45, 7) is 8.51. The van der Waals surface area contributed by atoms with Gasteiger partial charge in [0.05, 0.1) is 6.54 Å². The minimum Gasteiger partial charge on any atom is -0.343 e. The van der Waals surface area contributed by atoms with Gasteiger partial charge in [-0.05, 0) is 18.8 Å². The fourth-order valence-corrected chi connectivity index (χ4v) is 2.55. The Hall–Kier alpha value is -1.06. The van der Waals surface area contributed by atoms with Crippen LogP contribution in [0.2, 0.25) is 0 Å². The number of rotatable bonds is 5. The van der Waals surface area contributed by atoms with Gasteiger partial charge in [0.15, 0.2) is 0 Å². The van der Waals surface area contributed by atoms with Crippen molar-refractivity contribution in [2.45, 2.75) is 59.0 Å². The lowest BCUT2D eigenvalue weighted by atomic mass is 9.97. The van der Waals surface area contributed by atoms with E-state index in [2.05, 4.69) is 26.1 Å². The topological polar surface area (TPSA) is 49.4 Å². The molecule has 2 unspecified atom stereocenters. The van der Waals surface area contributed by atoms with Crippen molar-refractivity contribution in [3.63, 3.8) is 0 Å². The van der Waals surface area contributed by atoms with Gasteiger partial charge >= 0.3 is 0 Å². The quantitative estimate of drug-likeness (QED) is 0.792. The van der Waals surface area contributed by atoms with E-state index in [1.54, 1.807) is 4.90 Å². The molecule has 0 saturated carbocycles. The Morgan fingerprint density at radius 2 is 2.00 bits per heavy atom. The summed E-state index contributed by atoms with van der Waals surface area (Å²) in [6.07, 6.45) is 2.54. The molecule has 1 saturated heterocycles. The largest absolute Gasteiger partial charge is 0.343 e. The minimum atomic E-state index is -0.311. The third kappa shape index (κ3) is 3.20. The first-order chi connectivity index (χ1) is 8.01. The molecular formula is C13H24N2O2. The smallest absolute Gasteiger partial charge is 0.245 e. The molecule has 0 aromatic heterocycles. The second kappa shape index (κ2) is 6.03. The van der Waals surface area contributed by atoms with Crippen LogP contribution in [0.25, 0.3) is 0 Å². The van der Waals surface area contributed by atoms with E-state index in [-0.39, 0.29) is 30.4 Å². The number of carbonyl (C=O) groups is 2. The van der Waals surface area contributed by atoms with Gasteiger partial charge < -0.3 is 10.2 Å². The standard InChI is InChI=1S/C13H24N2O2/c1-5-7-10-13(17)15(8-12(16)14-10)11(6-2)9(3)4/h9-11H,5-8H2,1-4H3,(H,14,16). The van der Waals surface area contributed by atoms with E-state index in [9.17, 15) is 9.59 Å². The molecule has 0 aromatic carbocycles. The summed E-state index contributed by atoms with van der Waals surface area (Å²) in [5.74, 6) is 0.450. The molecule has 98 valence electrons. The van der Waals surface area contributed by atoms with Crippen molar-refractivity contribution in [2.24, 2.45) is 5.92 Å². The Kier molecular flexibility index (Phi) is 4.97. The van der Waals surface area contributed by atoms with Crippen molar-refractivity contribution in [3.05, 3.63) is 0 Å². The first-order valence-electron chi connectivity index (χ1n) is 6.61. The molecule has 1 aliphatic rings. The lowest BCUT2D eigenvalue weighted by Gasteiger charge is -2.39. The molecule has 0 spiro atoms. The number of hydrogen-bond donors (Lipinski definition) is 1. The van der Waals surface area contributed by atoms with Gasteiger partial charge in [0.1, 0.15) is 6.04 Å². The van der Waals surface area contributed by atoms with Gasteiger partial charge in [-0.2, -0.15) is 0 Å². The summed E-state index contributed by atoms with van der Waals surface area (Å²) >= 11 is 0. The predicted molar refractivity (Wildman–Crippen MR) is 67.5 cm³/mol. The van der Waals surface area contributed by atoms with E-state index in [1.165, 1.54) is 0 Å². The second-order valence-corrected chi connectivity index (χ2v) is 5.09. The van der Waals surface area contributed by atoms with E-state index >= 15 is 0 Å². The molecule has 1 heterocycles. The monoisotopic (exact) mass is 240 g/mol. The van der Waals surface area contributed by atoms with Crippen LogP contribution >= 0.6 is 0 Å². The van der Waals surface area contributed by atoms with E-state index in [1.807, 2.05) is 6.92 Å². The highest BCUT2D eigenvalue weighted by atomic mass is 16.2. The first-order valence-corrected chi connectivity index (χ1v) is 6.61. The van der Waals surface area contributed by atoms with E-state index in [0.29, 0.717) is 5.92 Å². The van der Waals surface area contributed by atoms with E-state index in [4.69, 9.17) is 0 Å². The predicted octanol–water partition coefficient (Wildman–Crippen LogP) is 1.55. The Morgan fingerprint density at radius 3 is 2.47 bits per heavy atom. The maximum atomic E-state index is 12.3. The lowest BCUT2D eigenvalue weighted by molar-refractivity contribution is -0.147. The van der Waals surface area contributed by atoms with Crippen LogP contribution in [0.5, 0.6) is 0 Å². The van der Waals surface area contributed by atoms with E-state index < -0.39 is 0 Å². The van der Waals surface area contributed by atoms with Crippen molar-refractivity contribution in [1.82, 2.24) is 10.2 Å². The maximum absolute atomic E-state index is 12.3. The average Bonchev–Trinajstić information content (AvgIpc) is 2.25. The molecular weight excluding hydrogens is 216 g/mol. The number of nitrogens with zero attached hydrogens (tertiary/aromatic N) is 1. The van der Waals surface area contributed by atoms with Gasteiger partial charge in [0, 0.05) is 6.04 Å². The molecule has 0 aromatic rings. The first kappa shape index (κ1) is 14.0. The summed E-state index contributed by atoms with van der Waals surface area (Å²) in [4.78, 5) is 25.7. The zero-order chi connectivity index (χ0) is 13.0. The minimum absolute atomic E-state index is 0.0258. The zero-order valence-corrected chi connectivity index (χ0v) is 11.3. The molecule has 2 atom stereocenters. The highest BCUT2D eigenvalue weighted by Gasteiger charge is 2.36. The summed E-state index contributed by atoms with van der Waals surface area (Å²) in [5.41, 5.74) is 0. The zero-order valence-electron chi connectivity index (χ0n) is 11.3. The molecule has 2 amide bonds. The molecule has 1 rings (SSSR count). The third-order valence-corrected chi connectivity index (χ3v) is 3.40. The van der Waals surface area contributed by atoms with Crippen molar-refractivity contribution < 1.29 is 9.59 Å². The Balaban J connectivity index is 2.82. The van der Waals surface area contributed by atoms with Crippen molar-refractivity contribution in [1.29, 1.82) is 0 Å². The van der Waals surface area contributed by atoms with Crippen LogP contribution in [0, 0.1) is 5.92 Å². The summed E-state index contributed by atoms with van der Waals surface area (Å²) < 4.78 is 0. The molecule has 1 N–H and O–H groups in total. The summed E-state index contributed by atoms with van der Waals surface area (Å²) in [7, 11) is 0. The summed E-state index contributed by atoms with van der Waals surface area (Å²) in [6, 6.07) is -0.137. The molecule has 1 aliphatic heterocycles. The number of carbonyl (C=O) groups excluding carboxylic acids is 2. The molecule has 1 fully saturated rings. The van der Waals surface area contributed by atoms with Crippen LogP contribution in [0.4, 0.5) is 0 Å². The van der Waals surface area contributed by atoms with Crippen molar-refractivity contribution in [3.8, 4) is 0 Å². The number of piperazine rings is 1. The molecule has 0 bridgehead atoms. The van der Waals surface area contributed by atoms with Gasteiger partial charge in [-0.25, -0.2) is 0 Å². The number of hydrogen-bond acceptors (Lipinski definition) is 2. The molecule has 4 nitrogen and oxygen atoms in total. The number of nitrogens with one attached hydrogen (secondary N) is 1. The average molecular weight is 240 g/mol. The van der Waals surface area contributed by atoms with Gasteiger partial charge in [-0.15, -0.1) is 0 Å². The van der Waals surface area contributed by atoms with E-state index in [0.717, 1.165) is 19.3 Å². The molecule has 4 heteroatoms. The SMILES string of the molecule is CCCC1NC(=O)CN(C(CC)C(C)C)C1=O.